The van der Waals surface area contributed by atoms with E-state index in [1.807, 2.05) is 0 Å². The van der Waals surface area contributed by atoms with Crippen LogP contribution in [-0.4, -0.2) is 13.2 Å². The lowest BCUT2D eigenvalue weighted by molar-refractivity contribution is 0.590. The van der Waals surface area contributed by atoms with Gasteiger partial charge in [-0.25, -0.2) is 0 Å². The summed E-state index contributed by atoms with van der Waals surface area (Å²) >= 11 is 0. The molecule has 0 aromatic heterocycles. The van der Waals surface area contributed by atoms with Gasteiger partial charge in [0, 0.05) is 12.2 Å². The Morgan fingerprint density at radius 3 is 2.46 bits per heavy atom. The summed E-state index contributed by atoms with van der Waals surface area (Å²) in [5, 5.41) is 6.77. The molecule has 3 heteroatoms. The lowest BCUT2D eigenvalue weighted by Crippen LogP contribution is -2.22. The van der Waals surface area contributed by atoms with Crippen LogP contribution in [0.25, 0.3) is 0 Å². The average Bonchev–Trinajstić information content (AvgIpc) is 3.22. The van der Waals surface area contributed by atoms with Crippen LogP contribution in [0.3, 0.4) is 0 Å². The second kappa shape index (κ2) is 5.73. The van der Waals surface area contributed by atoms with Crippen LogP contribution in [0.2, 0.25) is 0 Å². The first-order valence-corrected chi connectivity index (χ1v) is 9.01. The van der Waals surface area contributed by atoms with Crippen LogP contribution in [0.1, 0.15) is 50.8 Å². The number of hydrogen-bond donors (Lipinski definition) is 2. The fourth-order valence-electron chi connectivity index (χ4n) is 3.88. The Labute approximate surface area is 145 Å². The van der Waals surface area contributed by atoms with Gasteiger partial charge in [-0.05, 0) is 53.6 Å². The van der Waals surface area contributed by atoms with E-state index < -0.39 is 0 Å². The SMILES string of the molecule is CC(C)(C)c1ccc(N2CCC[C@@H]2c2ccc3c(c2)NCN3)cc1. The molecule has 24 heavy (non-hydrogen) atoms. The average molecular weight is 321 g/mol. The van der Waals surface area contributed by atoms with Crippen LogP contribution < -0.4 is 15.5 Å². The summed E-state index contributed by atoms with van der Waals surface area (Å²) in [4.78, 5) is 2.57. The van der Waals surface area contributed by atoms with Crippen molar-refractivity contribution in [3.63, 3.8) is 0 Å². The fraction of sp³-hybridized carbons (Fsp3) is 0.429. The molecule has 1 saturated heterocycles. The minimum Gasteiger partial charge on any atom is -0.366 e. The second-order valence-corrected chi connectivity index (χ2v) is 7.98. The maximum absolute atomic E-state index is 3.41. The summed E-state index contributed by atoms with van der Waals surface area (Å²) in [6, 6.07) is 16.5. The van der Waals surface area contributed by atoms with E-state index in [0.29, 0.717) is 6.04 Å². The van der Waals surface area contributed by atoms with E-state index >= 15 is 0 Å². The molecule has 2 aliphatic rings. The van der Waals surface area contributed by atoms with Crippen LogP contribution in [0.15, 0.2) is 42.5 Å². The van der Waals surface area contributed by atoms with Crippen LogP contribution >= 0.6 is 0 Å². The summed E-state index contributed by atoms with van der Waals surface area (Å²) in [7, 11) is 0. The third-order valence-electron chi connectivity index (χ3n) is 5.30. The molecule has 2 aliphatic heterocycles. The number of rotatable bonds is 2. The van der Waals surface area contributed by atoms with Crippen LogP contribution in [0.5, 0.6) is 0 Å². The lowest BCUT2D eigenvalue weighted by atomic mass is 9.87. The molecular formula is C21H27N3. The van der Waals surface area contributed by atoms with Crippen molar-refractivity contribution in [1.29, 1.82) is 0 Å². The highest BCUT2D eigenvalue weighted by Gasteiger charge is 2.27. The van der Waals surface area contributed by atoms with Crippen LogP contribution in [-0.2, 0) is 5.41 Å². The molecule has 126 valence electrons. The van der Waals surface area contributed by atoms with E-state index in [9.17, 15) is 0 Å². The minimum absolute atomic E-state index is 0.210. The fourth-order valence-corrected chi connectivity index (χ4v) is 3.88. The van der Waals surface area contributed by atoms with E-state index in [1.165, 1.54) is 41.0 Å². The van der Waals surface area contributed by atoms with Crippen molar-refractivity contribution in [2.45, 2.75) is 45.1 Å². The van der Waals surface area contributed by atoms with Gasteiger partial charge in [0.25, 0.3) is 0 Å². The highest BCUT2D eigenvalue weighted by atomic mass is 15.2. The summed E-state index contributed by atoms with van der Waals surface area (Å²) in [6.45, 7) is 8.79. The second-order valence-electron chi connectivity index (χ2n) is 7.98. The topological polar surface area (TPSA) is 27.3 Å². The molecule has 2 aromatic rings. The van der Waals surface area contributed by atoms with E-state index in [2.05, 4.69) is 78.8 Å². The molecule has 0 aliphatic carbocycles. The van der Waals surface area contributed by atoms with E-state index in [4.69, 9.17) is 0 Å². The molecule has 1 atom stereocenters. The van der Waals surface area contributed by atoms with Gasteiger partial charge in [-0.3, -0.25) is 0 Å². The predicted molar refractivity (Wildman–Crippen MR) is 103 cm³/mol. The molecule has 0 unspecified atom stereocenters. The third kappa shape index (κ3) is 2.72. The zero-order valence-electron chi connectivity index (χ0n) is 14.9. The largest absolute Gasteiger partial charge is 0.366 e. The molecule has 0 saturated carbocycles. The number of fused-ring (bicyclic) bond motifs is 1. The summed E-state index contributed by atoms with van der Waals surface area (Å²) in [6.07, 6.45) is 2.49. The molecule has 4 rings (SSSR count). The Balaban J connectivity index is 1.61. The van der Waals surface area contributed by atoms with Crippen molar-refractivity contribution < 1.29 is 0 Å². The number of nitrogens with one attached hydrogen (secondary N) is 2. The molecule has 0 radical (unpaired) electrons. The summed E-state index contributed by atoms with van der Waals surface area (Å²) in [5.41, 5.74) is 6.83. The Bertz CT molecular complexity index is 728. The van der Waals surface area contributed by atoms with Gasteiger partial charge in [0.2, 0.25) is 0 Å². The number of nitrogens with zero attached hydrogens (tertiary/aromatic N) is 1. The van der Waals surface area contributed by atoms with Crippen molar-refractivity contribution in [3.8, 4) is 0 Å². The van der Waals surface area contributed by atoms with Gasteiger partial charge in [-0.1, -0.05) is 39.0 Å². The molecule has 0 amide bonds. The van der Waals surface area contributed by atoms with Crippen molar-refractivity contribution in [3.05, 3.63) is 53.6 Å². The minimum atomic E-state index is 0.210. The van der Waals surface area contributed by atoms with Gasteiger partial charge >= 0.3 is 0 Å². The van der Waals surface area contributed by atoms with Crippen LogP contribution in [0, 0.1) is 0 Å². The molecule has 2 N–H and O–H groups in total. The Kier molecular flexibility index (Phi) is 3.67. The molecule has 1 fully saturated rings. The molecule has 0 bridgehead atoms. The summed E-state index contributed by atoms with van der Waals surface area (Å²) in [5.74, 6) is 0. The first kappa shape index (κ1) is 15.4. The molecular weight excluding hydrogens is 294 g/mol. The van der Waals surface area contributed by atoms with E-state index in [1.54, 1.807) is 0 Å². The van der Waals surface area contributed by atoms with Gasteiger partial charge in [0.1, 0.15) is 0 Å². The van der Waals surface area contributed by atoms with Crippen molar-refractivity contribution in [1.82, 2.24) is 0 Å². The quantitative estimate of drug-likeness (QED) is 0.804. The van der Waals surface area contributed by atoms with E-state index in [0.717, 1.165) is 13.2 Å². The maximum atomic E-state index is 3.41. The highest BCUT2D eigenvalue weighted by Crippen LogP contribution is 2.39. The van der Waals surface area contributed by atoms with Crippen LogP contribution in [0.4, 0.5) is 17.1 Å². The number of hydrogen-bond acceptors (Lipinski definition) is 3. The zero-order valence-corrected chi connectivity index (χ0v) is 14.9. The molecule has 2 aromatic carbocycles. The van der Waals surface area contributed by atoms with Crippen molar-refractivity contribution in [2.24, 2.45) is 0 Å². The van der Waals surface area contributed by atoms with Crippen molar-refractivity contribution in [2.75, 3.05) is 28.7 Å². The Morgan fingerprint density at radius 2 is 1.71 bits per heavy atom. The predicted octanol–water partition coefficient (Wildman–Crippen LogP) is 5.12. The number of benzene rings is 2. The number of anilines is 3. The lowest BCUT2D eigenvalue weighted by Gasteiger charge is -2.28. The molecule has 2 heterocycles. The monoisotopic (exact) mass is 321 g/mol. The maximum Gasteiger partial charge on any atom is 0.0850 e. The van der Waals surface area contributed by atoms with Gasteiger partial charge < -0.3 is 15.5 Å². The summed E-state index contributed by atoms with van der Waals surface area (Å²) < 4.78 is 0. The Hall–Kier alpha value is -2.16. The van der Waals surface area contributed by atoms with Gasteiger partial charge in [-0.15, -0.1) is 0 Å². The standard InChI is InChI=1S/C21H27N3/c1-21(2,3)16-7-9-17(10-8-16)24-12-4-5-20(24)15-6-11-18-19(13-15)23-14-22-18/h6-11,13,20,22-23H,4-5,12,14H2,1-3H3/t20-/m1/s1. The van der Waals surface area contributed by atoms with E-state index in [-0.39, 0.29) is 5.41 Å². The first-order valence-electron chi connectivity index (χ1n) is 9.01. The van der Waals surface area contributed by atoms with Crippen molar-refractivity contribution >= 4 is 17.1 Å². The molecule has 0 spiro atoms. The normalized spacial score (nSPS) is 19.8. The zero-order chi connectivity index (χ0) is 16.7. The Morgan fingerprint density at radius 1 is 0.958 bits per heavy atom. The van der Waals surface area contributed by atoms with Gasteiger partial charge in [0.15, 0.2) is 0 Å². The van der Waals surface area contributed by atoms with Gasteiger partial charge in [-0.2, -0.15) is 0 Å². The highest BCUT2D eigenvalue weighted by molar-refractivity contribution is 5.74. The third-order valence-corrected chi connectivity index (χ3v) is 5.30. The van der Waals surface area contributed by atoms with Gasteiger partial charge in [0.05, 0.1) is 24.1 Å². The molecule has 3 nitrogen and oxygen atoms in total. The smallest absolute Gasteiger partial charge is 0.0850 e. The first-order chi connectivity index (χ1) is 11.5.